The molecule has 2 amide bonds. The molecule has 0 bridgehead atoms. The third-order valence-electron chi connectivity index (χ3n) is 3.96. The molecule has 0 aliphatic rings. The molecule has 1 aromatic rings. The molecule has 0 radical (unpaired) electrons. The summed E-state index contributed by atoms with van der Waals surface area (Å²) in [5, 5.41) is 3.84. The molecule has 0 atom stereocenters. The monoisotopic (exact) mass is 363 g/mol. The van der Waals surface area contributed by atoms with Crippen molar-refractivity contribution in [3.63, 3.8) is 0 Å². The summed E-state index contributed by atoms with van der Waals surface area (Å²) in [5.41, 5.74) is 0.676. The Morgan fingerprint density at radius 3 is 2.04 bits per heavy atom. The van der Waals surface area contributed by atoms with Gasteiger partial charge < -0.3 is 19.4 Å². The second kappa shape index (κ2) is 11.9. The molecule has 0 aromatic heterocycles. The van der Waals surface area contributed by atoms with Gasteiger partial charge in [0.05, 0.1) is 6.21 Å². The molecule has 0 fully saturated rings. The number of hydrogen-bond donors (Lipinski definition) is 0. The zero-order valence-electron chi connectivity index (χ0n) is 16.1. The van der Waals surface area contributed by atoms with Crippen molar-refractivity contribution in [1.29, 1.82) is 0 Å². The lowest BCUT2D eigenvalue weighted by Crippen LogP contribution is -2.34. The van der Waals surface area contributed by atoms with E-state index in [1.54, 1.807) is 21.9 Å². The molecular formula is C19H29N3O4. The summed E-state index contributed by atoms with van der Waals surface area (Å²) < 4.78 is 5.62. The van der Waals surface area contributed by atoms with E-state index in [9.17, 15) is 9.59 Å². The molecule has 1 rings (SSSR count). The smallest absolute Gasteiger partial charge is 0.263 e. The molecule has 7 nitrogen and oxygen atoms in total. The van der Waals surface area contributed by atoms with Crippen LogP contribution in [-0.2, 0) is 14.4 Å². The Morgan fingerprint density at radius 2 is 1.46 bits per heavy atom. The summed E-state index contributed by atoms with van der Waals surface area (Å²) in [6.07, 6.45) is 1.48. The molecule has 7 heteroatoms. The highest BCUT2D eigenvalue weighted by atomic mass is 16.6. The number of ether oxygens (including phenoxy) is 1. The van der Waals surface area contributed by atoms with Crippen molar-refractivity contribution in [2.24, 2.45) is 5.16 Å². The molecular weight excluding hydrogens is 334 g/mol. The third kappa shape index (κ3) is 6.74. The van der Waals surface area contributed by atoms with Crippen molar-refractivity contribution in [3.8, 4) is 5.75 Å². The minimum Gasteiger partial charge on any atom is -0.483 e. The largest absolute Gasteiger partial charge is 0.483 e. The van der Waals surface area contributed by atoms with Gasteiger partial charge in [-0.3, -0.25) is 9.59 Å². The summed E-state index contributed by atoms with van der Waals surface area (Å²) >= 11 is 0. The van der Waals surface area contributed by atoms with E-state index < -0.39 is 0 Å². The van der Waals surface area contributed by atoms with Crippen molar-refractivity contribution < 1.29 is 19.2 Å². The highest BCUT2D eigenvalue weighted by molar-refractivity contribution is 5.84. The number of nitrogens with zero attached hydrogens (tertiary/aromatic N) is 3. The van der Waals surface area contributed by atoms with Crippen molar-refractivity contribution in [2.75, 3.05) is 39.4 Å². The number of oxime groups is 1. The number of benzene rings is 1. The number of rotatable bonds is 11. The molecule has 0 aliphatic carbocycles. The fourth-order valence-corrected chi connectivity index (χ4v) is 2.38. The van der Waals surface area contributed by atoms with Crippen molar-refractivity contribution in [3.05, 3.63) is 29.8 Å². The van der Waals surface area contributed by atoms with Gasteiger partial charge in [0, 0.05) is 31.7 Å². The van der Waals surface area contributed by atoms with Crippen LogP contribution in [0.2, 0.25) is 0 Å². The zero-order valence-corrected chi connectivity index (χ0v) is 16.1. The van der Waals surface area contributed by atoms with E-state index in [-0.39, 0.29) is 25.0 Å². The maximum Gasteiger partial charge on any atom is 0.263 e. The molecule has 0 unspecified atom stereocenters. The van der Waals surface area contributed by atoms with Crippen LogP contribution < -0.4 is 4.74 Å². The lowest BCUT2D eigenvalue weighted by atomic mass is 10.2. The third-order valence-corrected chi connectivity index (χ3v) is 3.96. The van der Waals surface area contributed by atoms with E-state index in [4.69, 9.17) is 9.57 Å². The Kier molecular flexibility index (Phi) is 9.82. The van der Waals surface area contributed by atoms with Crippen LogP contribution in [0.3, 0.4) is 0 Å². The highest BCUT2D eigenvalue weighted by Gasteiger charge is 2.12. The van der Waals surface area contributed by atoms with Gasteiger partial charge >= 0.3 is 0 Å². The lowest BCUT2D eigenvalue weighted by Gasteiger charge is -2.19. The van der Waals surface area contributed by atoms with Gasteiger partial charge in [0.1, 0.15) is 5.75 Å². The standard InChI is InChI=1S/C19H29N3O4/c1-5-21(6-2)18(23)14-25-17-12-10-9-11-16(17)13-20-26-15-19(24)22(7-3)8-4/h9-13H,5-8,14-15H2,1-4H3. The van der Waals surface area contributed by atoms with Crippen LogP contribution in [0, 0.1) is 0 Å². The second-order valence-corrected chi connectivity index (χ2v) is 5.47. The van der Waals surface area contributed by atoms with Gasteiger partial charge in [0.25, 0.3) is 11.8 Å². The van der Waals surface area contributed by atoms with E-state index in [0.29, 0.717) is 37.5 Å². The Morgan fingerprint density at radius 1 is 0.923 bits per heavy atom. The van der Waals surface area contributed by atoms with Crippen LogP contribution in [0.1, 0.15) is 33.3 Å². The average molecular weight is 363 g/mol. The normalized spacial score (nSPS) is 10.6. The quantitative estimate of drug-likeness (QED) is 0.446. The Hall–Kier alpha value is -2.57. The first-order valence-corrected chi connectivity index (χ1v) is 8.99. The lowest BCUT2D eigenvalue weighted by molar-refractivity contribution is -0.135. The van der Waals surface area contributed by atoms with E-state index in [1.165, 1.54) is 6.21 Å². The molecule has 144 valence electrons. The number of likely N-dealkylation sites (N-methyl/N-ethyl adjacent to an activating group) is 2. The van der Waals surface area contributed by atoms with Gasteiger partial charge in [-0.15, -0.1) is 0 Å². The molecule has 0 saturated carbocycles. The number of para-hydroxylation sites is 1. The van der Waals surface area contributed by atoms with E-state index in [0.717, 1.165) is 0 Å². The highest BCUT2D eigenvalue weighted by Crippen LogP contribution is 2.16. The van der Waals surface area contributed by atoms with Gasteiger partial charge in [-0.05, 0) is 39.8 Å². The summed E-state index contributed by atoms with van der Waals surface area (Å²) in [6, 6.07) is 7.22. The van der Waals surface area contributed by atoms with Crippen LogP contribution in [0.15, 0.2) is 29.4 Å². The van der Waals surface area contributed by atoms with Gasteiger partial charge in [-0.1, -0.05) is 17.3 Å². The van der Waals surface area contributed by atoms with Crippen molar-refractivity contribution in [2.45, 2.75) is 27.7 Å². The molecule has 0 heterocycles. The molecule has 0 N–H and O–H groups in total. The predicted molar refractivity (Wildman–Crippen MR) is 101 cm³/mol. The summed E-state index contributed by atoms with van der Waals surface area (Å²) in [4.78, 5) is 32.4. The van der Waals surface area contributed by atoms with Crippen LogP contribution in [-0.4, -0.2) is 67.2 Å². The van der Waals surface area contributed by atoms with E-state index in [1.807, 2.05) is 39.8 Å². The van der Waals surface area contributed by atoms with Gasteiger partial charge in [-0.25, -0.2) is 0 Å². The van der Waals surface area contributed by atoms with Gasteiger partial charge in [0.2, 0.25) is 0 Å². The fraction of sp³-hybridized carbons (Fsp3) is 0.526. The first kappa shape index (κ1) is 21.5. The van der Waals surface area contributed by atoms with E-state index in [2.05, 4.69) is 5.16 Å². The summed E-state index contributed by atoms with van der Waals surface area (Å²) in [6.45, 7) is 10.1. The maximum atomic E-state index is 12.0. The second-order valence-electron chi connectivity index (χ2n) is 5.47. The minimum atomic E-state index is -0.110. The number of carbonyl (C=O) groups excluding carboxylic acids is 2. The topological polar surface area (TPSA) is 71.4 Å². The van der Waals surface area contributed by atoms with Crippen molar-refractivity contribution in [1.82, 2.24) is 9.80 Å². The summed E-state index contributed by atoms with van der Waals surface area (Å²) in [7, 11) is 0. The molecule has 0 spiro atoms. The first-order valence-electron chi connectivity index (χ1n) is 8.99. The molecule has 1 aromatic carbocycles. The Balaban J connectivity index is 2.60. The Bertz CT molecular complexity index is 596. The van der Waals surface area contributed by atoms with Crippen LogP contribution in [0.4, 0.5) is 0 Å². The minimum absolute atomic E-state index is 0.0339. The number of hydrogen-bond acceptors (Lipinski definition) is 5. The van der Waals surface area contributed by atoms with Crippen LogP contribution >= 0.6 is 0 Å². The average Bonchev–Trinajstić information content (AvgIpc) is 2.66. The van der Waals surface area contributed by atoms with Gasteiger partial charge in [0.15, 0.2) is 13.2 Å². The van der Waals surface area contributed by atoms with Crippen molar-refractivity contribution >= 4 is 18.0 Å². The number of carbonyl (C=O) groups is 2. The molecule has 26 heavy (non-hydrogen) atoms. The van der Waals surface area contributed by atoms with E-state index >= 15 is 0 Å². The Labute approximate surface area is 155 Å². The fourth-order valence-electron chi connectivity index (χ4n) is 2.38. The summed E-state index contributed by atoms with van der Waals surface area (Å²) in [5.74, 6) is 0.361. The molecule has 0 aliphatic heterocycles. The van der Waals surface area contributed by atoms with Crippen LogP contribution in [0.25, 0.3) is 0 Å². The first-order chi connectivity index (χ1) is 12.6. The van der Waals surface area contributed by atoms with Crippen LogP contribution in [0.5, 0.6) is 5.75 Å². The zero-order chi connectivity index (χ0) is 19.4. The molecule has 0 saturated heterocycles. The predicted octanol–water partition coefficient (Wildman–Crippen LogP) is 2.15. The number of amides is 2. The maximum absolute atomic E-state index is 12.0. The van der Waals surface area contributed by atoms with Gasteiger partial charge in [-0.2, -0.15) is 0 Å². The SMILES string of the molecule is CCN(CC)C(=O)CON=Cc1ccccc1OCC(=O)N(CC)CC.